The van der Waals surface area contributed by atoms with E-state index >= 15 is 0 Å². The van der Waals surface area contributed by atoms with Crippen molar-refractivity contribution in [1.82, 2.24) is 20.4 Å². The third kappa shape index (κ3) is 8.27. The first-order chi connectivity index (χ1) is 15.6. The molecule has 0 bridgehead atoms. The fourth-order valence-electron chi connectivity index (χ4n) is 3.42. The molecule has 0 unspecified atom stereocenters. The van der Waals surface area contributed by atoms with Gasteiger partial charge in [-0.1, -0.05) is 36.4 Å². The number of guanidine groups is 1. The minimum absolute atomic E-state index is 0. The normalized spacial score (nSPS) is 11.0. The summed E-state index contributed by atoms with van der Waals surface area (Å²) in [5.41, 5.74) is 4.45. The van der Waals surface area contributed by atoms with Crippen LogP contribution in [-0.4, -0.2) is 36.4 Å². The summed E-state index contributed by atoms with van der Waals surface area (Å²) in [7, 11) is 3.43. The van der Waals surface area contributed by atoms with Crippen LogP contribution in [0.15, 0.2) is 59.6 Å². The van der Waals surface area contributed by atoms with Gasteiger partial charge in [-0.2, -0.15) is 5.10 Å². The van der Waals surface area contributed by atoms with Crippen LogP contribution < -0.4 is 20.1 Å². The molecule has 1 heterocycles. The van der Waals surface area contributed by atoms with E-state index in [2.05, 4.69) is 33.7 Å². The molecule has 2 N–H and O–H groups in total. The van der Waals surface area contributed by atoms with Gasteiger partial charge < -0.3 is 20.1 Å². The minimum atomic E-state index is 0. The summed E-state index contributed by atoms with van der Waals surface area (Å²) in [6, 6.07) is 18.2. The van der Waals surface area contributed by atoms with E-state index in [9.17, 15) is 0 Å². The highest BCUT2D eigenvalue weighted by Gasteiger charge is 2.07. The van der Waals surface area contributed by atoms with Crippen LogP contribution in [0.4, 0.5) is 0 Å². The number of ether oxygens (including phenoxy) is 2. The van der Waals surface area contributed by atoms with Crippen LogP contribution in [0.1, 0.15) is 28.9 Å². The topological polar surface area (TPSA) is 72.7 Å². The number of aliphatic imine (C=N–C) groups is 1. The number of aryl methyl sites for hydroxylation is 3. The van der Waals surface area contributed by atoms with Crippen molar-refractivity contribution < 1.29 is 9.47 Å². The van der Waals surface area contributed by atoms with Gasteiger partial charge in [0.25, 0.3) is 0 Å². The van der Waals surface area contributed by atoms with Crippen LogP contribution in [0.2, 0.25) is 0 Å². The second-order valence-electron chi connectivity index (χ2n) is 7.62. The van der Waals surface area contributed by atoms with Crippen molar-refractivity contribution in [3.63, 3.8) is 0 Å². The number of hydrogen-bond acceptors (Lipinski definition) is 4. The summed E-state index contributed by atoms with van der Waals surface area (Å²) < 4.78 is 13.5. The van der Waals surface area contributed by atoms with Gasteiger partial charge in [0.1, 0.15) is 6.61 Å². The zero-order valence-electron chi connectivity index (χ0n) is 19.8. The van der Waals surface area contributed by atoms with Crippen LogP contribution in [0, 0.1) is 13.8 Å². The smallest absolute Gasteiger partial charge is 0.191 e. The van der Waals surface area contributed by atoms with Crippen LogP contribution in [0.3, 0.4) is 0 Å². The maximum Gasteiger partial charge on any atom is 0.191 e. The SMILES string of the molecule is CN=C(NCCCn1nc(C)cc1C)NCc1ccc(OCc2ccccc2)c(OC)c1.I. The molecule has 178 valence electrons. The van der Waals surface area contributed by atoms with Gasteiger partial charge in [-0.15, -0.1) is 24.0 Å². The van der Waals surface area contributed by atoms with E-state index in [-0.39, 0.29) is 24.0 Å². The molecule has 7 nitrogen and oxygen atoms in total. The Labute approximate surface area is 213 Å². The molecule has 0 radical (unpaired) electrons. The molecule has 0 aliphatic rings. The third-order valence-electron chi connectivity index (χ3n) is 5.09. The molecule has 1 aromatic heterocycles. The first-order valence-electron chi connectivity index (χ1n) is 10.9. The molecule has 0 aliphatic heterocycles. The number of nitrogens with one attached hydrogen (secondary N) is 2. The Bertz CT molecular complexity index is 1020. The fraction of sp³-hybridized carbons (Fsp3) is 0.360. The quantitative estimate of drug-likeness (QED) is 0.165. The third-order valence-corrected chi connectivity index (χ3v) is 5.09. The maximum absolute atomic E-state index is 5.94. The second-order valence-corrected chi connectivity index (χ2v) is 7.62. The Kier molecular flexibility index (Phi) is 11.0. The second kappa shape index (κ2) is 13.7. The van der Waals surface area contributed by atoms with Gasteiger partial charge in [0.2, 0.25) is 0 Å². The van der Waals surface area contributed by atoms with Crippen molar-refractivity contribution in [1.29, 1.82) is 0 Å². The number of rotatable bonds is 10. The Morgan fingerprint density at radius 3 is 2.45 bits per heavy atom. The van der Waals surface area contributed by atoms with Gasteiger partial charge in [-0.3, -0.25) is 9.67 Å². The lowest BCUT2D eigenvalue weighted by Crippen LogP contribution is -2.37. The van der Waals surface area contributed by atoms with Crippen molar-refractivity contribution in [2.45, 2.75) is 40.0 Å². The fourth-order valence-corrected chi connectivity index (χ4v) is 3.42. The van der Waals surface area contributed by atoms with Crippen LogP contribution in [0.5, 0.6) is 11.5 Å². The molecule has 0 fully saturated rings. The number of nitrogens with zero attached hydrogens (tertiary/aromatic N) is 3. The summed E-state index contributed by atoms with van der Waals surface area (Å²) in [4.78, 5) is 4.31. The van der Waals surface area contributed by atoms with Crippen molar-refractivity contribution in [2.75, 3.05) is 20.7 Å². The van der Waals surface area contributed by atoms with Gasteiger partial charge in [0.15, 0.2) is 17.5 Å². The molecule has 3 aromatic rings. The van der Waals surface area contributed by atoms with E-state index < -0.39 is 0 Å². The minimum Gasteiger partial charge on any atom is -0.493 e. The molecule has 33 heavy (non-hydrogen) atoms. The Hall–Kier alpha value is -2.75. The van der Waals surface area contributed by atoms with Crippen LogP contribution >= 0.6 is 24.0 Å². The van der Waals surface area contributed by atoms with Gasteiger partial charge in [-0.05, 0) is 49.6 Å². The largest absolute Gasteiger partial charge is 0.493 e. The lowest BCUT2D eigenvalue weighted by molar-refractivity contribution is 0.284. The number of hydrogen-bond donors (Lipinski definition) is 2. The highest BCUT2D eigenvalue weighted by Crippen LogP contribution is 2.28. The lowest BCUT2D eigenvalue weighted by Gasteiger charge is -2.15. The zero-order valence-corrected chi connectivity index (χ0v) is 22.1. The molecule has 0 spiro atoms. The van der Waals surface area contributed by atoms with Crippen molar-refractivity contribution in [3.8, 4) is 11.5 Å². The van der Waals surface area contributed by atoms with Crippen LogP contribution in [-0.2, 0) is 19.7 Å². The Morgan fingerprint density at radius 1 is 1.00 bits per heavy atom. The van der Waals surface area contributed by atoms with E-state index in [1.54, 1.807) is 14.2 Å². The average molecular weight is 563 g/mol. The average Bonchev–Trinajstić information content (AvgIpc) is 3.14. The summed E-state index contributed by atoms with van der Waals surface area (Å²) in [5, 5.41) is 11.2. The maximum atomic E-state index is 5.94. The molecule has 0 saturated carbocycles. The molecule has 2 aromatic carbocycles. The van der Waals surface area contributed by atoms with E-state index in [1.807, 2.05) is 60.1 Å². The first-order valence-corrected chi connectivity index (χ1v) is 10.9. The predicted octanol–water partition coefficient (Wildman–Crippen LogP) is 4.46. The zero-order chi connectivity index (χ0) is 22.8. The Morgan fingerprint density at radius 2 is 1.79 bits per heavy atom. The van der Waals surface area contributed by atoms with E-state index in [0.29, 0.717) is 18.9 Å². The predicted molar refractivity (Wildman–Crippen MR) is 144 cm³/mol. The summed E-state index contributed by atoms with van der Waals surface area (Å²) in [6.45, 7) is 6.93. The van der Waals surface area contributed by atoms with E-state index in [0.717, 1.165) is 48.0 Å². The van der Waals surface area contributed by atoms with Crippen LogP contribution in [0.25, 0.3) is 0 Å². The monoisotopic (exact) mass is 563 g/mol. The standard InChI is InChI=1S/C25H33N5O2.HI/c1-19-15-20(2)30(29-19)14-8-13-27-25(26-3)28-17-22-11-12-23(24(16-22)31-4)32-18-21-9-6-5-7-10-21;/h5-7,9-12,15-16H,8,13-14,17-18H2,1-4H3,(H2,26,27,28);1H. The molecular weight excluding hydrogens is 529 g/mol. The number of halogens is 1. The summed E-state index contributed by atoms with van der Waals surface area (Å²) in [6.07, 6.45) is 0.962. The van der Waals surface area contributed by atoms with Gasteiger partial charge in [0, 0.05) is 32.4 Å². The highest BCUT2D eigenvalue weighted by molar-refractivity contribution is 14.0. The number of benzene rings is 2. The molecule has 3 rings (SSSR count). The highest BCUT2D eigenvalue weighted by atomic mass is 127. The molecular formula is C25H34IN5O2. The number of methoxy groups -OCH3 is 1. The first kappa shape index (κ1) is 26.5. The summed E-state index contributed by atoms with van der Waals surface area (Å²) in [5.74, 6) is 2.21. The number of aromatic nitrogens is 2. The van der Waals surface area contributed by atoms with Crippen molar-refractivity contribution in [3.05, 3.63) is 77.1 Å². The molecule has 0 amide bonds. The van der Waals surface area contributed by atoms with Crippen molar-refractivity contribution >= 4 is 29.9 Å². The van der Waals surface area contributed by atoms with Gasteiger partial charge in [-0.25, -0.2) is 0 Å². The Balaban J connectivity index is 0.00000385. The molecule has 0 aliphatic carbocycles. The lowest BCUT2D eigenvalue weighted by atomic mass is 10.2. The van der Waals surface area contributed by atoms with Gasteiger partial charge >= 0.3 is 0 Å². The van der Waals surface area contributed by atoms with E-state index in [4.69, 9.17) is 9.47 Å². The molecule has 0 atom stereocenters. The molecule has 0 saturated heterocycles. The summed E-state index contributed by atoms with van der Waals surface area (Å²) >= 11 is 0. The van der Waals surface area contributed by atoms with E-state index in [1.165, 1.54) is 5.69 Å². The molecule has 8 heteroatoms. The van der Waals surface area contributed by atoms with Crippen molar-refractivity contribution in [2.24, 2.45) is 4.99 Å². The van der Waals surface area contributed by atoms with Gasteiger partial charge in [0.05, 0.1) is 12.8 Å².